The predicted molar refractivity (Wildman–Crippen MR) is 119 cm³/mol. The molecule has 1 aromatic carbocycles. The number of esters is 1. The first-order chi connectivity index (χ1) is 12.5. The molecule has 152 valence electrons. The highest BCUT2D eigenvalue weighted by atomic mass is 127. The van der Waals surface area contributed by atoms with Crippen molar-refractivity contribution in [1.82, 2.24) is 10.2 Å². The molecule has 0 amide bonds. The third-order valence-electron chi connectivity index (χ3n) is 4.67. The summed E-state index contributed by atoms with van der Waals surface area (Å²) in [6.07, 6.45) is 2.23. The molecule has 1 fully saturated rings. The predicted octanol–water partition coefficient (Wildman–Crippen LogP) is 3.21. The van der Waals surface area contributed by atoms with Gasteiger partial charge in [-0.3, -0.25) is 9.79 Å². The van der Waals surface area contributed by atoms with Crippen molar-refractivity contribution >= 4 is 35.9 Å². The van der Waals surface area contributed by atoms with Gasteiger partial charge in [0.05, 0.1) is 20.3 Å². The molecule has 7 heteroatoms. The van der Waals surface area contributed by atoms with Crippen LogP contribution in [0.15, 0.2) is 23.2 Å². The first-order valence-corrected chi connectivity index (χ1v) is 9.26. The second-order valence-corrected chi connectivity index (χ2v) is 6.67. The van der Waals surface area contributed by atoms with E-state index in [-0.39, 0.29) is 36.0 Å². The lowest BCUT2D eigenvalue weighted by molar-refractivity contribution is -0.140. The Kier molecular flexibility index (Phi) is 10.7. The molecular formula is C20H32IN3O3. The van der Waals surface area contributed by atoms with Gasteiger partial charge in [-0.05, 0) is 37.8 Å². The van der Waals surface area contributed by atoms with E-state index in [4.69, 9.17) is 4.74 Å². The molecule has 1 saturated heterocycles. The molecule has 27 heavy (non-hydrogen) atoms. The number of hydrogen-bond acceptors (Lipinski definition) is 4. The van der Waals surface area contributed by atoms with E-state index in [1.54, 1.807) is 7.05 Å². The summed E-state index contributed by atoms with van der Waals surface area (Å²) in [5.41, 5.74) is 3.78. The Morgan fingerprint density at radius 2 is 2.15 bits per heavy atom. The second-order valence-electron chi connectivity index (χ2n) is 6.67. The van der Waals surface area contributed by atoms with Crippen LogP contribution < -0.4 is 5.32 Å². The number of halogens is 1. The molecule has 1 aromatic rings. The fourth-order valence-electron chi connectivity index (χ4n) is 3.25. The third kappa shape index (κ3) is 7.29. The maximum absolute atomic E-state index is 11.1. The molecule has 2 rings (SSSR count). The fourth-order valence-corrected chi connectivity index (χ4v) is 3.25. The minimum absolute atomic E-state index is 0. The van der Waals surface area contributed by atoms with Crippen LogP contribution in [0.4, 0.5) is 0 Å². The maximum Gasteiger partial charge on any atom is 0.305 e. The molecule has 0 aromatic heterocycles. The minimum Gasteiger partial charge on any atom is -0.469 e. The average molecular weight is 489 g/mol. The molecule has 6 nitrogen and oxygen atoms in total. The van der Waals surface area contributed by atoms with Crippen LogP contribution in [0.25, 0.3) is 0 Å². The molecule has 0 radical (unpaired) electrons. The molecule has 1 aliphatic rings. The summed E-state index contributed by atoms with van der Waals surface area (Å²) < 4.78 is 10.7. The fraction of sp³-hybridized carbons (Fsp3) is 0.600. The van der Waals surface area contributed by atoms with Crippen LogP contribution in [0.1, 0.15) is 42.1 Å². The number of nitrogens with one attached hydrogen (secondary N) is 1. The van der Waals surface area contributed by atoms with Crippen LogP contribution in [-0.4, -0.2) is 57.2 Å². The number of hydrogen-bond donors (Lipinski definition) is 1. The van der Waals surface area contributed by atoms with Crippen molar-refractivity contribution in [2.75, 3.05) is 40.4 Å². The summed E-state index contributed by atoms with van der Waals surface area (Å²) in [6, 6.07) is 6.51. The van der Waals surface area contributed by atoms with Crippen LogP contribution in [0.5, 0.6) is 0 Å². The number of aliphatic imine (C=N–C) groups is 1. The summed E-state index contributed by atoms with van der Waals surface area (Å²) in [5, 5.41) is 3.39. The maximum atomic E-state index is 11.1. The van der Waals surface area contributed by atoms with Crippen molar-refractivity contribution in [3.63, 3.8) is 0 Å². The molecule has 0 bridgehead atoms. The van der Waals surface area contributed by atoms with Gasteiger partial charge in [-0.2, -0.15) is 0 Å². The van der Waals surface area contributed by atoms with Crippen molar-refractivity contribution in [3.8, 4) is 0 Å². The molecule has 1 heterocycles. The molecular weight excluding hydrogens is 457 g/mol. The first-order valence-electron chi connectivity index (χ1n) is 9.26. The lowest BCUT2D eigenvalue weighted by Gasteiger charge is -2.35. The van der Waals surface area contributed by atoms with E-state index in [2.05, 4.69) is 52.0 Å². The number of unbranched alkanes of at least 4 members (excludes halogenated alkanes) is 1. The highest BCUT2D eigenvalue weighted by Gasteiger charge is 2.25. The summed E-state index contributed by atoms with van der Waals surface area (Å²) in [5.74, 6) is 0.736. The highest BCUT2D eigenvalue weighted by Crippen LogP contribution is 2.25. The third-order valence-corrected chi connectivity index (χ3v) is 4.67. The Hall–Kier alpha value is -1.35. The number of nitrogens with zero attached hydrogens (tertiary/aromatic N) is 2. The molecule has 0 aliphatic carbocycles. The number of ether oxygens (including phenoxy) is 2. The largest absolute Gasteiger partial charge is 0.469 e. The van der Waals surface area contributed by atoms with Crippen LogP contribution >= 0.6 is 24.0 Å². The van der Waals surface area contributed by atoms with Gasteiger partial charge in [0.15, 0.2) is 5.96 Å². The Morgan fingerprint density at radius 1 is 1.37 bits per heavy atom. The van der Waals surface area contributed by atoms with Crippen molar-refractivity contribution < 1.29 is 14.3 Å². The van der Waals surface area contributed by atoms with Crippen LogP contribution in [-0.2, 0) is 14.3 Å². The zero-order chi connectivity index (χ0) is 18.9. The second kappa shape index (κ2) is 12.2. The molecule has 0 spiro atoms. The van der Waals surface area contributed by atoms with E-state index in [0.717, 1.165) is 38.4 Å². The average Bonchev–Trinajstić information content (AvgIpc) is 2.64. The topological polar surface area (TPSA) is 63.2 Å². The Balaban J connectivity index is 0.00000364. The quantitative estimate of drug-likeness (QED) is 0.219. The Labute approximate surface area is 179 Å². The number of carbonyl (C=O) groups is 1. The van der Waals surface area contributed by atoms with Crippen LogP contribution in [0.2, 0.25) is 0 Å². The lowest BCUT2D eigenvalue weighted by atomic mass is 10.00. The van der Waals surface area contributed by atoms with Gasteiger partial charge < -0.3 is 19.7 Å². The van der Waals surface area contributed by atoms with E-state index in [1.165, 1.54) is 23.8 Å². The number of benzene rings is 1. The number of rotatable bonds is 6. The summed E-state index contributed by atoms with van der Waals surface area (Å²) in [4.78, 5) is 17.8. The normalized spacial score (nSPS) is 17.3. The standard InChI is InChI=1S/C20H31N3O3.HI/c1-15-8-9-17(16(2)13-15)18-14-23(11-12-26-18)20(21-3)22-10-6-5-7-19(24)25-4;/h8-9,13,18H,5-7,10-12,14H2,1-4H3,(H,21,22);1H. The van der Waals surface area contributed by atoms with Crippen molar-refractivity contribution in [3.05, 3.63) is 34.9 Å². The molecule has 1 aliphatic heterocycles. The van der Waals surface area contributed by atoms with Gasteiger partial charge in [-0.15, -0.1) is 24.0 Å². The molecule has 0 saturated carbocycles. The number of aryl methyl sites for hydroxylation is 2. The van der Waals surface area contributed by atoms with Gasteiger partial charge in [-0.1, -0.05) is 23.8 Å². The molecule has 1 unspecified atom stereocenters. The lowest BCUT2D eigenvalue weighted by Crippen LogP contribution is -2.48. The molecule has 1 atom stereocenters. The van der Waals surface area contributed by atoms with Gasteiger partial charge in [0, 0.05) is 26.6 Å². The minimum atomic E-state index is -0.154. The van der Waals surface area contributed by atoms with E-state index < -0.39 is 0 Å². The monoisotopic (exact) mass is 489 g/mol. The van der Waals surface area contributed by atoms with E-state index in [9.17, 15) is 4.79 Å². The summed E-state index contributed by atoms with van der Waals surface area (Å²) >= 11 is 0. The zero-order valence-electron chi connectivity index (χ0n) is 16.8. The zero-order valence-corrected chi connectivity index (χ0v) is 19.1. The van der Waals surface area contributed by atoms with Gasteiger partial charge in [0.1, 0.15) is 6.10 Å². The van der Waals surface area contributed by atoms with Crippen LogP contribution in [0, 0.1) is 13.8 Å². The number of morpholine rings is 1. The number of guanidine groups is 1. The Bertz CT molecular complexity index is 637. The number of carbonyl (C=O) groups excluding carboxylic acids is 1. The van der Waals surface area contributed by atoms with Gasteiger partial charge in [0.2, 0.25) is 0 Å². The van der Waals surface area contributed by atoms with Crippen LogP contribution in [0.3, 0.4) is 0 Å². The van der Waals surface area contributed by atoms with Crippen molar-refractivity contribution in [1.29, 1.82) is 0 Å². The SMILES string of the molecule is CN=C(NCCCCC(=O)OC)N1CCOC(c2ccc(C)cc2C)C1.I. The smallest absolute Gasteiger partial charge is 0.305 e. The van der Waals surface area contributed by atoms with Crippen molar-refractivity contribution in [2.45, 2.75) is 39.2 Å². The number of methoxy groups -OCH3 is 1. The van der Waals surface area contributed by atoms with Gasteiger partial charge >= 0.3 is 5.97 Å². The van der Waals surface area contributed by atoms with Gasteiger partial charge in [0.25, 0.3) is 0 Å². The van der Waals surface area contributed by atoms with E-state index in [0.29, 0.717) is 13.0 Å². The van der Waals surface area contributed by atoms with E-state index in [1.807, 2.05) is 0 Å². The molecule has 1 N–H and O–H groups in total. The van der Waals surface area contributed by atoms with E-state index >= 15 is 0 Å². The first kappa shape index (κ1) is 23.7. The van der Waals surface area contributed by atoms with Crippen molar-refractivity contribution in [2.24, 2.45) is 4.99 Å². The highest BCUT2D eigenvalue weighted by molar-refractivity contribution is 14.0. The van der Waals surface area contributed by atoms with Gasteiger partial charge in [-0.25, -0.2) is 0 Å². The summed E-state index contributed by atoms with van der Waals surface area (Å²) in [6.45, 7) is 7.32. The summed E-state index contributed by atoms with van der Waals surface area (Å²) in [7, 11) is 3.23. The Morgan fingerprint density at radius 3 is 2.81 bits per heavy atom.